The van der Waals surface area contributed by atoms with Crippen LogP contribution in [-0.4, -0.2) is 48.6 Å². The molecule has 2 unspecified atom stereocenters. The first-order chi connectivity index (χ1) is 11.6. The summed E-state index contributed by atoms with van der Waals surface area (Å²) in [5.41, 5.74) is 2.69. The largest absolute Gasteiger partial charge is 0.414 e. The number of likely N-dealkylation sites (tertiary alicyclic amines) is 1. The minimum Gasteiger partial charge on any atom is -0.410 e. The smallest absolute Gasteiger partial charge is 0.410 e. The van der Waals surface area contributed by atoms with Crippen LogP contribution in [0, 0.1) is 0 Å². The third kappa shape index (κ3) is 2.71. The van der Waals surface area contributed by atoms with E-state index in [4.69, 9.17) is 4.74 Å². The Morgan fingerprint density at radius 3 is 2.71 bits per heavy atom. The molecule has 1 aromatic rings. The molecular weight excluding hydrogens is 300 g/mol. The van der Waals surface area contributed by atoms with Crippen LogP contribution in [0.5, 0.6) is 5.75 Å². The molecule has 1 heterocycles. The molecule has 1 amide bonds. The average Bonchev–Trinajstić information content (AvgIpc) is 3.23. The summed E-state index contributed by atoms with van der Waals surface area (Å²) in [7, 11) is 3.45. The predicted molar refractivity (Wildman–Crippen MR) is 94.6 cm³/mol. The van der Waals surface area contributed by atoms with Gasteiger partial charge in [0, 0.05) is 32.1 Å². The van der Waals surface area contributed by atoms with Crippen molar-refractivity contribution < 1.29 is 9.53 Å². The van der Waals surface area contributed by atoms with E-state index in [2.05, 4.69) is 17.0 Å². The maximum atomic E-state index is 11.9. The number of hydrogen-bond acceptors (Lipinski definition) is 3. The Hall–Kier alpha value is -1.55. The first-order valence-corrected chi connectivity index (χ1v) is 9.42. The zero-order valence-electron chi connectivity index (χ0n) is 14.8. The van der Waals surface area contributed by atoms with Gasteiger partial charge >= 0.3 is 6.09 Å². The molecular formula is C20H28N2O2. The highest BCUT2D eigenvalue weighted by Gasteiger charge is 2.42. The summed E-state index contributed by atoms with van der Waals surface area (Å²) in [5.74, 6) is 1.39. The second kappa shape index (κ2) is 6.40. The quantitative estimate of drug-likeness (QED) is 0.828. The number of benzene rings is 1. The number of carbonyl (C=O) groups excluding carboxylic acids is 1. The van der Waals surface area contributed by atoms with Crippen molar-refractivity contribution in [3.8, 4) is 5.75 Å². The zero-order valence-corrected chi connectivity index (χ0v) is 14.8. The van der Waals surface area contributed by atoms with Crippen LogP contribution in [0.1, 0.15) is 55.6 Å². The molecule has 2 atom stereocenters. The highest BCUT2D eigenvalue weighted by molar-refractivity contribution is 5.70. The third-order valence-electron chi connectivity index (χ3n) is 6.20. The number of amides is 1. The van der Waals surface area contributed by atoms with Crippen molar-refractivity contribution in [3.05, 3.63) is 29.3 Å². The van der Waals surface area contributed by atoms with Crippen molar-refractivity contribution in [2.24, 2.45) is 0 Å². The molecule has 2 fully saturated rings. The molecule has 24 heavy (non-hydrogen) atoms. The van der Waals surface area contributed by atoms with Crippen LogP contribution in [0.3, 0.4) is 0 Å². The topological polar surface area (TPSA) is 32.8 Å². The fourth-order valence-corrected chi connectivity index (χ4v) is 5.07. The predicted octanol–water partition coefficient (Wildman–Crippen LogP) is 3.79. The van der Waals surface area contributed by atoms with Crippen molar-refractivity contribution >= 4 is 6.09 Å². The fourth-order valence-electron chi connectivity index (χ4n) is 5.07. The van der Waals surface area contributed by atoms with Crippen molar-refractivity contribution in [2.45, 2.75) is 62.9 Å². The second-order valence-electron chi connectivity index (χ2n) is 7.76. The van der Waals surface area contributed by atoms with E-state index in [0.29, 0.717) is 12.0 Å². The molecule has 130 valence electrons. The molecule has 0 aromatic heterocycles. The number of fused-ring (bicyclic) bond motifs is 3. The van der Waals surface area contributed by atoms with Crippen molar-refractivity contribution in [3.63, 3.8) is 0 Å². The molecule has 1 saturated heterocycles. The Kier molecular flexibility index (Phi) is 4.25. The van der Waals surface area contributed by atoms with Gasteiger partial charge in [0.1, 0.15) is 5.75 Å². The summed E-state index contributed by atoms with van der Waals surface area (Å²) in [6.45, 7) is 1.24. The second-order valence-corrected chi connectivity index (χ2v) is 7.76. The van der Waals surface area contributed by atoms with E-state index < -0.39 is 0 Å². The molecule has 1 aromatic carbocycles. The van der Waals surface area contributed by atoms with E-state index in [9.17, 15) is 4.79 Å². The Morgan fingerprint density at radius 2 is 1.96 bits per heavy atom. The maximum Gasteiger partial charge on any atom is 0.414 e. The summed E-state index contributed by atoms with van der Waals surface area (Å²) in [4.78, 5) is 16.2. The van der Waals surface area contributed by atoms with Crippen LogP contribution in [0.2, 0.25) is 0 Å². The van der Waals surface area contributed by atoms with Gasteiger partial charge in [-0.15, -0.1) is 0 Å². The number of nitrogens with zero attached hydrogens (tertiary/aromatic N) is 2. The molecule has 4 rings (SSSR count). The van der Waals surface area contributed by atoms with Crippen LogP contribution in [0.4, 0.5) is 4.79 Å². The van der Waals surface area contributed by atoms with Gasteiger partial charge in [-0.3, -0.25) is 4.90 Å². The normalized spacial score (nSPS) is 26.9. The molecule has 2 aliphatic carbocycles. The lowest BCUT2D eigenvalue weighted by molar-refractivity contribution is 0.161. The molecule has 0 spiro atoms. The molecule has 4 nitrogen and oxygen atoms in total. The van der Waals surface area contributed by atoms with Crippen LogP contribution in [0.15, 0.2) is 18.2 Å². The maximum absolute atomic E-state index is 11.9. The zero-order chi connectivity index (χ0) is 16.7. The van der Waals surface area contributed by atoms with Gasteiger partial charge in [0.05, 0.1) is 0 Å². The van der Waals surface area contributed by atoms with E-state index in [0.717, 1.165) is 18.2 Å². The lowest BCUT2D eigenvalue weighted by Gasteiger charge is -2.37. The Morgan fingerprint density at radius 1 is 1.17 bits per heavy atom. The first kappa shape index (κ1) is 15.9. The van der Waals surface area contributed by atoms with Gasteiger partial charge in [0.2, 0.25) is 0 Å². The molecule has 3 aliphatic rings. The van der Waals surface area contributed by atoms with Crippen LogP contribution in [-0.2, 0) is 6.42 Å². The van der Waals surface area contributed by atoms with Crippen LogP contribution in [0.25, 0.3) is 0 Å². The summed E-state index contributed by atoms with van der Waals surface area (Å²) < 4.78 is 5.62. The van der Waals surface area contributed by atoms with Crippen LogP contribution < -0.4 is 4.74 Å². The molecule has 1 aliphatic heterocycles. The summed E-state index contributed by atoms with van der Waals surface area (Å²) >= 11 is 0. The number of hydrogen-bond donors (Lipinski definition) is 0. The van der Waals surface area contributed by atoms with E-state index in [1.54, 1.807) is 14.1 Å². The monoisotopic (exact) mass is 328 g/mol. The molecule has 1 saturated carbocycles. The lowest BCUT2D eigenvalue weighted by Crippen LogP contribution is -2.41. The van der Waals surface area contributed by atoms with Gasteiger partial charge in [-0.1, -0.05) is 25.0 Å². The molecule has 0 N–H and O–H groups in total. The standard InChI is InChI=1S/C20H28N2O2/c1-21(2)20(23)24-19-9-5-8-15-16-12-13-22(14-6-3-4-7-14)18(16)11-10-17(15)19/h5,8-9,14,16,18H,3-4,6-7,10-13H2,1-2H3. The van der Waals surface area contributed by atoms with E-state index in [1.165, 1.54) is 61.1 Å². The van der Waals surface area contributed by atoms with E-state index >= 15 is 0 Å². The summed E-state index contributed by atoms with van der Waals surface area (Å²) in [6.07, 6.45) is 8.76. The first-order valence-electron chi connectivity index (χ1n) is 9.42. The Balaban J connectivity index is 1.58. The summed E-state index contributed by atoms with van der Waals surface area (Å²) in [5, 5.41) is 0. The number of carbonyl (C=O) groups is 1. The van der Waals surface area contributed by atoms with Gasteiger partial charge in [-0.05, 0) is 55.8 Å². The lowest BCUT2D eigenvalue weighted by atomic mass is 9.79. The number of ether oxygens (including phenoxy) is 1. The fraction of sp³-hybridized carbons (Fsp3) is 0.650. The molecule has 0 radical (unpaired) electrons. The van der Waals surface area contributed by atoms with Crippen molar-refractivity contribution in [1.82, 2.24) is 9.80 Å². The highest BCUT2D eigenvalue weighted by atomic mass is 16.6. The van der Waals surface area contributed by atoms with Crippen molar-refractivity contribution in [2.75, 3.05) is 20.6 Å². The minimum absolute atomic E-state index is 0.287. The van der Waals surface area contributed by atoms with Gasteiger partial charge in [-0.25, -0.2) is 4.79 Å². The minimum atomic E-state index is -0.287. The van der Waals surface area contributed by atoms with Crippen molar-refractivity contribution in [1.29, 1.82) is 0 Å². The Labute approximate surface area is 144 Å². The number of rotatable bonds is 2. The molecule has 4 heteroatoms. The Bertz CT molecular complexity index is 622. The van der Waals surface area contributed by atoms with Gasteiger partial charge in [0.25, 0.3) is 0 Å². The van der Waals surface area contributed by atoms with Crippen LogP contribution >= 0.6 is 0 Å². The summed E-state index contributed by atoms with van der Waals surface area (Å²) in [6, 6.07) is 7.77. The highest BCUT2D eigenvalue weighted by Crippen LogP contribution is 2.46. The molecule has 0 bridgehead atoms. The van der Waals surface area contributed by atoms with Gasteiger partial charge in [-0.2, -0.15) is 0 Å². The van der Waals surface area contributed by atoms with E-state index in [1.807, 2.05) is 6.07 Å². The van der Waals surface area contributed by atoms with Gasteiger partial charge < -0.3 is 9.64 Å². The van der Waals surface area contributed by atoms with Gasteiger partial charge in [0.15, 0.2) is 0 Å². The third-order valence-corrected chi connectivity index (χ3v) is 6.20. The van der Waals surface area contributed by atoms with E-state index in [-0.39, 0.29) is 6.09 Å². The SMILES string of the molecule is CN(C)C(=O)Oc1cccc2c1CCC1C2CCN1C1CCCC1. The average molecular weight is 328 g/mol.